The number of hydrogen-bond donors (Lipinski definition) is 2. The molecule has 1 heterocycles. The molecule has 1 unspecified atom stereocenters. The number of aliphatic hydroxyl groups excluding tert-OH is 1. The van der Waals surface area contributed by atoms with Gasteiger partial charge < -0.3 is 10.4 Å². The van der Waals surface area contributed by atoms with Crippen molar-refractivity contribution in [2.75, 3.05) is 11.9 Å². The molecule has 0 bridgehead atoms. The summed E-state index contributed by atoms with van der Waals surface area (Å²) in [6, 6.07) is 12.4. The molecule has 2 N–H and O–H groups in total. The Balaban J connectivity index is 1.97. The Bertz CT molecular complexity index is 1040. The van der Waals surface area contributed by atoms with E-state index in [9.17, 15) is 35.8 Å². The van der Waals surface area contributed by atoms with Crippen molar-refractivity contribution in [3.05, 3.63) is 78.1 Å². The summed E-state index contributed by atoms with van der Waals surface area (Å²) >= 11 is 0. The van der Waals surface area contributed by atoms with Gasteiger partial charge in [-0.3, -0.25) is 0 Å². The van der Waals surface area contributed by atoms with Gasteiger partial charge in [0, 0.05) is 17.2 Å². The molecule has 0 saturated heterocycles. The van der Waals surface area contributed by atoms with Gasteiger partial charge in [0.25, 0.3) is 0 Å². The van der Waals surface area contributed by atoms with Gasteiger partial charge in [0.2, 0.25) is 0 Å². The third kappa shape index (κ3) is 4.52. The highest BCUT2D eigenvalue weighted by molar-refractivity contribution is 5.63. The van der Waals surface area contributed by atoms with Gasteiger partial charge in [-0.05, 0) is 11.6 Å². The second kappa shape index (κ2) is 8.73. The molecule has 0 saturated carbocycles. The Kier molecular flexibility index (Phi) is 6.40. The molecule has 32 heavy (non-hydrogen) atoms. The summed E-state index contributed by atoms with van der Waals surface area (Å²) < 4.78 is 92.8. The van der Waals surface area contributed by atoms with E-state index in [0.717, 1.165) is 18.0 Å². The van der Waals surface area contributed by atoms with Crippen molar-refractivity contribution >= 4 is 5.82 Å². The molecule has 3 aromatic rings. The number of anilines is 1. The molecule has 0 radical (unpaired) electrons. The minimum absolute atomic E-state index is 0.0409. The Morgan fingerprint density at radius 1 is 0.812 bits per heavy atom. The maximum Gasteiger partial charge on any atom is 0.435 e. The largest absolute Gasteiger partial charge is 0.435 e. The van der Waals surface area contributed by atoms with E-state index in [1.54, 1.807) is 30.3 Å². The normalized spacial score (nSPS) is 13.6. The van der Waals surface area contributed by atoms with Crippen LogP contribution in [0.5, 0.6) is 0 Å². The number of nitrogens with one attached hydrogen (secondary N) is 1. The highest BCUT2D eigenvalue weighted by atomic mass is 19.4. The lowest BCUT2D eigenvalue weighted by atomic mass is 9.92. The van der Waals surface area contributed by atoms with Crippen molar-refractivity contribution < 1.29 is 35.8 Å². The fourth-order valence-electron chi connectivity index (χ4n) is 3.07. The minimum atomic E-state index is -6.22. The Morgan fingerprint density at radius 3 is 2.06 bits per heavy atom. The number of aromatic nitrogens is 2. The van der Waals surface area contributed by atoms with Crippen molar-refractivity contribution in [3.63, 3.8) is 0 Å². The fourth-order valence-corrected chi connectivity index (χ4v) is 3.07. The first-order chi connectivity index (χ1) is 15.0. The summed E-state index contributed by atoms with van der Waals surface area (Å²) in [5, 5.41) is 12.6. The van der Waals surface area contributed by atoms with E-state index in [2.05, 4.69) is 15.3 Å². The zero-order valence-electron chi connectivity index (χ0n) is 16.1. The van der Waals surface area contributed by atoms with Crippen LogP contribution in [0.3, 0.4) is 0 Å². The smallest absolute Gasteiger partial charge is 0.394 e. The Hall–Kier alpha value is -3.21. The minimum Gasteiger partial charge on any atom is -0.394 e. The molecule has 0 fully saturated rings. The van der Waals surface area contributed by atoms with Crippen LogP contribution in [0.25, 0.3) is 11.3 Å². The van der Waals surface area contributed by atoms with E-state index < -0.39 is 29.6 Å². The molecule has 170 valence electrons. The summed E-state index contributed by atoms with van der Waals surface area (Å²) in [7, 11) is 0. The number of rotatable bonds is 6. The monoisotopic (exact) mass is 459 g/mol. The molecule has 0 amide bonds. The Labute approximate surface area is 177 Å². The van der Waals surface area contributed by atoms with Crippen LogP contribution >= 0.6 is 0 Å². The highest BCUT2D eigenvalue weighted by Gasteiger charge is 2.73. The van der Waals surface area contributed by atoms with Crippen LogP contribution in [-0.4, -0.2) is 34.0 Å². The zero-order chi connectivity index (χ0) is 23.6. The van der Waals surface area contributed by atoms with Crippen molar-refractivity contribution in [1.29, 1.82) is 0 Å². The molecule has 11 heteroatoms. The molecular formula is C21H16F7N3O. The van der Waals surface area contributed by atoms with Crippen LogP contribution in [0.2, 0.25) is 0 Å². The number of halogens is 7. The topological polar surface area (TPSA) is 58.0 Å². The van der Waals surface area contributed by atoms with E-state index in [4.69, 9.17) is 0 Å². The van der Waals surface area contributed by atoms with Gasteiger partial charge in [-0.25, -0.2) is 14.4 Å². The number of benzene rings is 2. The Morgan fingerprint density at radius 2 is 1.47 bits per heavy atom. The summed E-state index contributed by atoms with van der Waals surface area (Å²) in [4.78, 5) is 7.82. The highest BCUT2D eigenvalue weighted by Crippen LogP contribution is 2.53. The molecule has 2 aromatic carbocycles. The SMILES string of the molecule is OCC(Nc1cc(-c2cccc(C(F)(C(F)(F)F)C(F)(F)F)c2)ncn1)c1ccccc1. The maximum absolute atomic E-state index is 14.4. The van der Waals surface area contributed by atoms with Gasteiger partial charge in [-0.15, -0.1) is 0 Å². The molecule has 1 aromatic heterocycles. The summed E-state index contributed by atoms with van der Waals surface area (Å²) in [6.45, 7) is -0.319. The summed E-state index contributed by atoms with van der Waals surface area (Å²) in [5.41, 5.74) is -6.65. The van der Waals surface area contributed by atoms with Gasteiger partial charge in [0.15, 0.2) is 0 Å². The van der Waals surface area contributed by atoms with Crippen LogP contribution in [0.4, 0.5) is 36.6 Å². The molecule has 3 rings (SSSR count). The molecule has 0 aliphatic carbocycles. The first-order valence-electron chi connectivity index (χ1n) is 9.15. The van der Waals surface area contributed by atoms with Crippen LogP contribution in [0.1, 0.15) is 17.2 Å². The van der Waals surface area contributed by atoms with Gasteiger partial charge in [-0.2, -0.15) is 26.3 Å². The van der Waals surface area contributed by atoms with Crippen molar-refractivity contribution in [2.45, 2.75) is 24.1 Å². The molecule has 4 nitrogen and oxygen atoms in total. The zero-order valence-corrected chi connectivity index (χ0v) is 16.1. The van der Waals surface area contributed by atoms with E-state index in [-0.39, 0.29) is 23.7 Å². The first kappa shape index (κ1) is 23.5. The van der Waals surface area contributed by atoms with Crippen LogP contribution in [0, 0.1) is 0 Å². The van der Waals surface area contributed by atoms with E-state index in [1.165, 1.54) is 12.1 Å². The van der Waals surface area contributed by atoms with Gasteiger partial charge in [-0.1, -0.05) is 48.5 Å². The van der Waals surface area contributed by atoms with E-state index in [1.807, 2.05) is 0 Å². The molecule has 1 atom stereocenters. The summed E-state index contributed by atoms with van der Waals surface area (Å²) in [6.07, 6.45) is -11.4. The first-order valence-corrected chi connectivity index (χ1v) is 9.15. The second-order valence-corrected chi connectivity index (χ2v) is 6.81. The van der Waals surface area contributed by atoms with Crippen molar-refractivity contribution in [2.24, 2.45) is 0 Å². The average Bonchev–Trinajstić information content (AvgIpc) is 2.76. The molecule has 0 spiro atoms. The van der Waals surface area contributed by atoms with Crippen LogP contribution < -0.4 is 5.32 Å². The van der Waals surface area contributed by atoms with Gasteiger partial charge in [0.05, 0.1) is 18.3 Å². The quantitative estimate of drug-likeness (QED) is 0.473. The van der Waals surface area contributed by atoms with E-state index >= 15 is 0 Å². The number of nitrogens with zero attached hydrogens (tertiary/aromatic N) is 2. The third-order valence-electron chi connectivity index (χ3n) is 4.71. The van der Waals surface area contributed by atoms with E-state index in [0.29, 0.717) is 12.1 Å². The number of hydrogen-bond acceptors (Lipinski definition) is 4. The maximum atomic E-state index is 14.4. The average molecular weight is 459 g/mol. The van der Waals surface area contributed by atoms with Crippen molar-refractivity contribution in [3.8, 4) is 11.3 Å². The lowest BCUT2D eigenvalue weighted by Gasteiger charge is -2.30. The van der Waals surface area contributed by atoms with Crippen LogP contribution in [-0.2, 0) is 5.67 Å². The van der Waals surface area contributed by atoms with Gasteiger partial charge in [0.1, 0.15) is 12.1 Å². The third-order valence-corrected chi connectivity index (χ3v) is 4.71. The molecule has 0 aliphatic heterocycles. The van der Waals surface area contributed by atoms with Crippen LogP contribution in [0.15, 0.2) is 67.0 Å². The molecular weight excluding hydrogens is 443 g/mol. The summed E-state index contributed by atoms with van der Waals surface area (Å²) in [5.74, 6) is 0.154. The fraction of sp³-hybridized carbons (Fsp3) is 0.238. The predicted octanol–water partition coefficient (Wildman–Crippen LogP) is 5.58. The van der Waals surface area contributed by atoms with Gasteiger partial charge >= 0.3 is 18.0 Å². The standard InChI is InChI=1S/C21H16F7N3O/c22-19(20(23,24)25,21(26,27)28)15-8-4-7-14(9-15)16-10-18(30-12-29-16)31-17(11-32)13-5-2-1-3-6-13/h1-10,12,17,32H,11H2,(H,29,30,31). The second-order valence-electron chi connectivity index (χ2n) is 6.81. The number of aliphatic hydroxyl groups is 1. The number of alkyl halides is 7. The molecule has 0 aliphatic rings. The lowest BCUT2D eigenvalue weighted by Crippen LogP contribution is -2.50. The lowest BCUT2D eigenvalue weighted by molar-refractivity contribution is -0.348. The van der Waals surface area contributed by atoms with Crippen molar-refractivity contribution in [1.82, 2.24) is 9.97 Å². The predicted molar refractivity (Wildman–Crippen MR) is 102 cm³/mol.